The van der Waals surface area contributed by atoms with Gasteiger partial charge in [0.1, 0.15) is 10.8 Å². The van der Waals surface area contributed by atoms with E-state index in [0.717, 1.165) is 35.2 Å². The predicted octanol–water partition coefficient (Wildman–Crippen LogP) is 9.88. The molecule has 0 fully saturated rings. The quantitative estimate of drug-likeness (QED) is 0.0476. The van der Waals surface area contributed by atoms with Crippen LogP contribution in [0.1, 0.15) is 106 Å². The molecular formula is C39H51N5S2Sn. The molecule has 8 heteroatoms. The van der Waals surface area contributed by atoms with Crippen molar-refractivity contribution in [3.63, 3.8) is 0 Å². The first kappa shape index (κ1) is 37.2. The van der Waals surface area contributed by atoms with Crippen molar-refractivity contribution >= 4 is 43.7 Å². The summed E-state index contributed by atoms with van der Waals surface area (Å²) < 4.78 is 5.89. The molecule has 0 aliphatic heterocycles. The zero-order valence-corrected chi connectivity index (χ0v) is 32.8. The predicted molar refractivity (Wildman–Crippen MR) is 202 cm³/mol. The second kappa shape index (κ2) is 22.1. The van der Waals surface area contributed by atoms with Crippen LogP contribution < -0.4 is 0 Å². The Bertz CT molecular complexity index is 1410. The van der Waals surface area contributed by atoms with E-state index in [4.69, 9.17) is 12.6 Å². The monoisotopic (exact) mass is 773 g/mol. The molecule has 5 nitrogen and oxygen atoms in total. The van der Waals surface area contributed by atoms with Crippen LogP contribution in [0.4, 0.5) is 0 Å². The van der Waals surface area contributed by atoms with Gasteiger partial charge in [0, 0.05) is 18.0 Å². The molecule has 2 heterocycles. The zero-order chi connectivity index (χ0) is 32.9. The van der Waals surface area contributed by atoms with Gasteiger partial charge in [0.15, 0.2) is 0 Å². The minimum absolute atomic E-state index is 0.495. The molecule has 2 aromatic heterocycles. The summed E-state index contributed by atoms with van der Waals surface area (Å²) in [5, 5.41) is 19.4. The molecule has 0 saturated carbocycles. The molecule has 47 heavy (non-hydrogen) atoms. The van der Waals surface area contributed by atoms with Crippen molar-refractivity contribution in [3.05, 3.63) is 119 Å². The number of unbranched alkanes of at least 4 members (excludes halogenated alkanes) is 8. The van der Waals surface area contributed by atoms with Gasteiger partial charge in [-0.05, 0) is 12.8 Å². The van der Waals surface area contributed by atoms with Crippen LogP contribution in [0.2, 0.25) is 0 Å². The van der Waals surface area contributed by atoms with Gasteiger partial charge in [0.25, 0.3) is 0 Å². The van der Waals surface area contributed by atoms with Crippen LogP contribution in [0.15, 0.2) is 96.2 Å². The van der Waals surface area contributed by atoms with Gasteiger partial charge in [-0.2, -0.15) is 5.10 Å². The van der Waals surface area contributed by atoms with Crippen LogP contribution in [0.25, 0.3) is 5.13 Å². The van der Waals surface area contributed by atoms with Gasteiger partial charge < -0.3 is 12.6 Å². The minimum atomic E-state index is -1.56. The van der Waals surface area contributed by atoms with E-state index in [1.807, 2.05) is 4.57 Å². The van der Waals surface area contributed by atoms with Gasteiger partial charge >= 0.3 is 141 Å². The number of aryl methyl sites for hydroxylation is 2. The van der Waals surface area contributed by atoms with E-state index in [-0.39, 0.29) is 0 Å². The van der Waals surface area contributed by atoms with E-state index in [1.165, 1.54) is 87.8 Å². The maximum absolute atomic E-state index is 5.35. The molecule has 0 bridgehead atoms. The number of hydrogen-bond acceptors (Lipinski definition) is 6. The molecule has 0 aliphatic carbocycles. The summed E-state index contributed by atoms with van der Waals surface area (Å²) in [6.07, 6.45) is 14.5. The molecule has 0 unspecified atom stereocenters. The van der Waals surface area contributed by atoms with E-state index in [1.54, 1.807) is 11.3 Å². The Morgan fingerprint density at radius 2 is 1.02 bits per heavy atom. The van der Waals surface area contributed by atoms with Gasteiger partial charge in [0.05, 0.1) is 0 Å². The first-order chi connectivity index (χ1) is 23.2. The summed E-state index contributed by atoms with van der Waals surface area (Å²) >= 11 is 5.42. The van der Waals surface area contributed by atoms with Crippen molar-refractivity contribution in [2.75, 3.05) is 0 Å². The molecule has 248 valence electrons. The first-order valence-electron chi connectivity index (χ1n) is 17.6. The van der Waals surface area contributed by atoms with E-state index in [2.05, 4.69) is 125 Å². The maximum atomic E-state index is 5.35. The van der Waals surface area contributed by atoms with Crippen molar-refractivity contribution in [1.82, 2.24) is 25.0 Å². The Balaban J connectivity index is 0.000000214. The Hall–Kier alpha value is -2.62. The summed E-state index contributed by atoms with van der Waals surface area (Å²) in [5.74, 6) is 0.925. The third-order valence-corrected chi connectivity index (χ3v) is 17.2. The second-order valence-electron chi connectivity index (χ2n) is 12.3. The molecule has 0 atom stereocenters. The number of benzene rings is 3. The number of aromatic nitrogens is 5. The molecule has 0 N–H and O–H groups in total. The summed E-state index contributed by atoms with van der Waals surface area (Å²) in [7, 11) is 0. The van der Waals surface area contributed by atoms with Crippen molar-refractivity contribution in [1.29, 1.82) is 0 Å². The van der Waals surface area contributed by atoms with Crippen LogP contribution >= 0.6 is 11.3 Å². The van der Waals surface area contributed by atoms with Crippen LogP contribution in [0.5, 0.6) is 0 Å². The van der Waals surface area contributed by atoms with Gasteiger partial charge in [0.2, 0.25) is 5.13 Å². The fourth-order valence-corrected chi connectivity index (χ4v) is 14.9. The molecular weight excluding hydrogens is 721 g/mol. The molecule has 0 aliphatic rings. The number of nitrogens with zero attached hydrogens (tertiary/aromatic N) is 5. The SMILES string of the molecule is CCCCCCCCc1nnc([S-])n1-c1nnc(CCCCCC)s1.c1ccc([CH2][Sn+]([CH2]c2ccccc2)[CH2]c2ccccc2)cc1. The Kier molecular flexibility index (Phi) is 17.5. The third kappa shape index (κ3) is 13.8. The summed E-state index contributed by atoms with van der Waals surface area (Å²) in [6, 6.07) is 33.1. The van der Waals surface area contributed by atoms with Crippen molar-refractivity contribution in [3.8, 4) is 5.13 Å². The average molecular weight is 773 g/mol. The Morgan fingerprint density at radius 1 is 0.553 bits per heavy atom. The molecule has 0 spiro atoms. The Labute approximate surface area is 299 Å². The summed E-state index contributed by atoms with van der Waals surface area (Å²) in [6.45, 7) is 4.47. The Morgan fingerprint density at radius 3 is 1.55 bits per heavy atom. The number of hydrogen-bond donors (Lipinski definition) is 0. The third-order valence-electron chi connectivity index (χ3n) is 8.24. The molecule has 0 radical (unpaired) electrons. The fraction of sp³-hybridized carbons (Fsp3) is 0.436. The van der Waals surface area contributed by atoms with E-state index in [0.29, 0.717) is 5.16 Å². The van der Waals surface area contributed by atoms with Gasteiger partial charge in [-0.1, -0.05) is 76.6 Å². The van der Waals surface area contributed by atoms with Crippen molar-refractivity contribution < 1.29 is 0 Å². The fourth-order valence-electron chi connectivity index (χ4n) is 5.70. The van der Waals surface area contributed by atoms with Gasteiger partial charge in [-0.15, -0.1) is 15.3 Å². The van der Waals surface area contributed by atoms with Crippen LogP contribution in [-0.2, 0) is 38.8 Å². The molecule has 0 amide bonds. The second-order valence-corrected chi connectivity index (χ2v) is 21.0. The molecule has 0 saturated heterocycles. The average Bonchev–Trinajstić information content (AvgIpc) is 3.72. The summed E-state index contributed by atoms with van der Waals surface area (Å²) in [4.78, 5) is 0. The van der Waals surface area contributed by atoms with Gasteiger partial charge in [-0.25, -0.2) is 0 Å². The van der Waals surface area contributed by atoms with Gasteiger partial charge in [-0.3, -0.25) is 4.57 Å². The molecule has 5 rings (SSSR count). The molecule has 3 aromatic carbocycles. The van der Waals surface area contributed by atoms with Crippen LogP contribution in [0.3, 0.4) is 0 Å². The first-order valence-corrected chi connectivity index (χ1v) is 24.8. The van der Waals surface area contributed by atoms with Crippen LogP contribution in [0, 0.1) is 0 Å². The van der Waals surface area contributed by atoms with E-state index in [9.17, 15) is 0 Å². The van der Waals surface area contributed by atoms with Crippen LogP contribution in [-0.4, -0.2) is 44.7 Å². The summed E-state index contributed by atoms with van der Waals surface area (Å²) in [5.41, 5.74) is 4.55. The number of rotatable bonds is 19. The zero-order valence-electron chi connectivity index (χ0n) is 28.3. The standard InChI is InChI=1S/C18H31N5S2.3C7H7.Sn/c1-3-5-7-9-10-11-13-15-19-21-17(24)23(15)18-22-20-16(25-18)14-12-8-6-4-2;3*1-7-5-3-2-4-6-7;/h3-14H2,1-2H3,(H,21,24);3*2-6H,1H2;/q;;;;+1/p-1. The van der Waals surface area contributed by atoms with E-state index >= 15 is 0 Å². The van der Waals surface area contributed by atoms with Crippen molar-refractivity contribution in [2.45, 2.75) is 109 Å². The topological polar surface area (TPSA) is 56.5 Å². The normalized spacial score (nSPS) is 10.9. The molecule has 5 aromatic rings. The van der Waals surface area contributed by atoms with E-state index < -0.39 is 19.8 Å². The van der Waals surface area contributed by atoms with Crippen molar-refractivity contribution in [2.24, 2.45) is 0 Å².